The molecule has 6 heteroatoms. The van der Waals surface area contributed by atoms with Crippen LogP contribution in [0.1, 0.15) is 46.6 Å². The largest absolute Gasteiger partial charge is 0.332 e. The van der Waals surface area contributed by atoms with Gasteiger partial charge in [-0.2, -0.15) is 10.2 Å². The lowest BCUT2D eigenvalue weighted by Gasteiger charge is -2.24. The standard InChI is InChI=1S/C16H21N5O/c1-11-8-17-20(9-11)10-12-4-3-7-21(12)16(22)15-13-5-2-6-14(13)18-19-15/h8-9,12H,2-7,10H2,1H3,(H,18,19)/t12-/m1/s1. The van der Waals surface area contributed by atoms with E-state index < -0.39 is 0 Å². The summed E-state index contributed by atoms with van der Waals surface area (Å²) in [5, 5.41) is 11.7. The SMILES string of the molecule is Cc1cnn(C[C@H]2CCCN2C(=O)c2n[nH]c3c2CCC3)c1. The lowest BCUT2D eigenvalue weighted by molar-refractivity contribution is 0.0714. The molecule has 6 nitrogen and oxygen atoms in total. The number of hydrogen-bond acceptors (Lipinski definition) is 3. The van der Waals surface area contributed by atoms with Gasteiger partial charge in [0.05, 0.1) is 18.8 Å². The number of nitrogens with one attached hydrogen (secondary N) is 1. The van der Waals surface area contributed by atoms with Gasteiger partial charge in [-0.05, 0) is 44.6 Å². The van der Waals surface area contributed by atoms with Gasteiger partial charge < -0.3 is 4.90 Å². The monoisotopic (exact) mass is 299 g/mol. The van der Waals surface area contributed by atoms with Crippen LogP contribution >= 0.6 is 0 Å². The first kappa shape index (κ1) is 13.5. The third-order valence-corrected chi connectivity index (χ3v) is 4.81. The summed E-state index contributed by atoms with van der Waals surface area (Å²) >= 11 is 0. The van der Waals surface area contributed by atoms with Gasteiger partial charge in [0.1, 0.15) is 0 Å². The fourth-order valence-electron chi connectivity index (χ4n) is 3.71. The highest BCUT2D eigenvalue weighted by Gasteiger charge is 2.33. The molecule has 0 aromatic carbocycles. The van der Waals surface area contributed by atoms with Gasteiger partial charge in [0.25, 0.3) is 5.91 Å². The van der Waals surface area contributed by atoms with E-state index in [-0.39, 0.29) is 11.9 Å². The number of hydrogen-bond donors (Lipinski definition) is 1. The molecule has 1 fully saturated rings. The number of H-pyrrole nitrogens is 1. The van der Waals surface area contributed by atoms with Crippen molar-refractivity contribution in [2.24, 2.45) is 0 Å². The van der Waals surface area contributed by atoms with Crippen molar-refractivity contribution < 1.29 is 4.79 Å². The highest BCUT2D eigenvalue weighted by Crippen LogP contribution is 2.27. The molecule has 22 heavy (non-hydrogen) atoms. The average molecular weight is 299 g/mol. The minimum Gasteiger partial charge on any atom is -0.332 e. The van der Waals surface area contributed by atoms with Crippen molar-refractivity contribution >= 4 is 5.91 Å². The molecule has 1 amide bonds. The lowest BCUT2D eigenvalue weighted by Crippen LogP contribution is -2.38. The summed E-state index contributed by atoms with van der Waals surface area (Å²) in [6, 6.07) is 0.223. The fourth-order valence-corrected chi connectivity index (χ4v) is 3.71. The van der Waals surface area contributed by atoms with Crippen molar-refractivity contribution in [3.05, 3.63) is 34.9 Å². The van der Waals surface area contributed by atoms with Crippen LogP contribution in [0.5, 0.6) is 0 Å². The van der Waals surface area contributed by atoms with Gasteiger partial charge >= 0.3 is 0 Å². The van der Waals surface area contributed by atoms with E-state index in [1.165, 1.54) is 0 Å². The van der Waals surface area contributed by atoms with Crippen LogP contribution in [0, 0.1) is 6.92 Å². The first-order valence-electron chi connectivity index (χ1n) is 8.08. The Kier molecular flexibility index (Phi) is 3.24. The van der Waals surface area contributed by atoms with Crippen molar-refractivity contribution in [1.82, 2.24) is 24.9 Å². The highest BCUT2D eigenvalue weighted by molar-refractivity contribution is 5.94. The van der Waals surface area contributed by atoms with E-state index in [4.69, 9.17) is 0 Å². The zero-order valence-electron chi connectivity index (χ0n) is 12.9. The molecule has 2 aliphatic rings. The molecule has 0 saturated carbocycles. The minimum atomic E-state index is 0.0887. The molecule has 116 valence electrons. The molecule has 0 bridgehead atoms. The third kappa shape index (κ3) is 2.23. The second-order valence-corrected chi connectivity index (χ2v) is 6.42. The summed E-state index contributed by atoms with van der Waals surface area (Å²) in [6.45, 7) is 3.63. The maximum atomic E-state index is 12.9. The topological polar surface area (TPSA) is 66.8 Å². The summed E-state index contributed by atoms with van der Waals surface area (Å²) in [6.07, 6.45) is 9.12. The van der Waals surface area contributed by atoms with E-state index in [1.807, 2.05) is 28.9 Å². The van der Waals surface area contributed by atoms with Crippen LogP contribution in [0.25, 0.3) is 0 Å². The molecule has 0 spiro atoms. The predicted octanol–water partition coefficient (Wildman–Crippen LogP) is 1.71. The third-order valence-electron chi connectivity index (χ3n) is 4.81. The van der Waals surface area contributed by atoms with Crippen LogP contribution in [-0.4, -0.2) is 43.4 Å². The Balaban J connectivity index is 1.54. The van der Waals surface area contributed by atoms with Crippen LogP contribution in [0.3, 0.4) is 0 Å². The molecule has 0 unspecified atom stereocenters. The van der Waals surface area contributed by atoms with Crippen LogP contribution in [0.2, 0.25) is 0 Å². The van der Waals surface area contributed by atoms with Gasteiger partial charge in [0, 0.05) is 24.0 Å². The zero-order valence-corrected chi connectivity index (χ0v) is 12.9. The van der Waals surface area contributed by atoms with Crippen LogP contribution in [0.15, 0.2) is 12.4 Å². The Labute approximate surface area is 129 Å². The van der Waals surface area contributed by atoms with E-state index in [0.29, 0.717) is 5.69 Å². The summed E-state index contributed by atoms with van der Waals surface area (Å²) < 4.78 is 1.95. The van der Waals surface area contributed by atoms with Crippen molar-refractivity contribution in [2.45, 2.75) is 51.6 Å². The van der Waals surface area contributed by atoms with E-state index in [1.54, 1.807) is 0 Å². The predicted molar refractivity (Wildman–Crippen MR) is 81.6 cm³/mol. The Morgan fingerprint density at radius 1 is 1.41 bits per heavy atom. The molecule has 1 atom stereocenters. The van der Waals surface area contributed by atoms with Crippen molar-refractivity contribution in [3.8, 4) is 0 Å². The molecule has 2 aromatic heterocycles. The fraction of sp³-hybridized carbons (Fsp3) is 0.562. The second kappa shape index (κ2) is 5.26. The number of amides is 1. The molecule has 4 rings (SSSR count). The lowest BCUT2D eigenvalue weighted by atomic mass is 10.1. The van der Waals surface area contributed by atoms with Gasteiger partial charge in [-0.1, -0.05) is 0 Å². The van der Waals surface area contributed by atoms with Crippen molar-refractivity contribution in [1.29, 1.82) is 0 Å². The number of aromatic amines is 1. The first-order chi connectivity index (χ1) is 10.7. The first-order valence-corrected chi connectivity index (χ1v) is 8.08. The van der Waals surface area contributed by atoms with E-state index in [0.717, 1.165) is 62.0 Å². The summed E-state index contributed by atoms with van der Waals surface area (Å²) in [5.41, 5.74) is 4.10. The molecule has 1 N–H and O–H groups in total. The maximum Gasteiger partial charge on any atom is 0.274 e. The Morgan fingerprint density at radius 3 is 3.14 bits per heavy atom. The minimum absolute atomic E-state index is 0.0887. The smallest absolute Gasteiger partial charge is 0.274 e. The second-order valence-electron chi connectivity index (χ2n) is 6.42. The number of fused-ring (bicyclic) bond motifs is 1. The van der Waals surface area contributed by atoms with Gasteiger partial charge in [-0.25, -0.2) is 0 Å². The highest BCUT2D eigenvalue weighted by atomic mass is 16.2. The maximum absolute atomic E-state index is 12.9. The molecule has 2 aromatic rings. The quantitative estimate of drug-likeness (QED) is 0.938. The Morgan fingerprint density at radius 2 is 2.32 bits per heavy atom. The van der Waals surface area contributed by atoms with E-state index >= 15 is 0 Å². The van der Waals surface area contributed by atoms with Crippen LogP contribution < -0.4 is 0 Å². The Bertz CT molecular complexity index is 701. The average Bonchev–Trinajstić information content (AvgIpc) is 3.22. The molecular weight excluding hydrogens is 278 g/mol. The number of rotatable bonds is 3. The number of carbonyl (C=O) groups excluding carboxylic acids is 1. The van der Waals surface area contributed by atoms with Gasteiger partial charge in [-0.3, -0.25) is 14.6 Å². The zero-order chi connectivity index (χ0) is 15.1. The summed E-state index contributed by atoms with van der Waals surface area (Å²) in [4.78, 5) is 14.9. The molecule has 0 radical (unpaired) electrons. The molecule has 1 aliphatic carbocycles. The van der Waals surface area contributed by atoms with Crippen LogP contribution in [0.4, 0.5) is 0 Å². The van der Waals surface area contributed by atoms with E-state index in [2.05, 4.69) is 15.3 Å². The summed E-state index contributed by atoms with van der Waals surface area (Å²) in [7, 11) is 0. The van der Waals surface area contributed by atoms with Crippen LogP contribution in [-0.2, 0) is 19.4 Å². The number of carbonyl (C=O) groups is 1. The van der Waals surface area contributed by atoms with E-state index in [9.17, 15) is 4.79 Å². The van der Waals surface area contributed by atoms with Crippen molar-refractivity contribution in [2.75, 3.05) is 6.54 Å². The molecule has 1 saturated heterocycles. The molecule has 3 heterocycles. The number of nitrogens with zero attached hydrogens (tertiary/aromatic N) is 4. The number of likely N-dealkylation sites (tertiary alicyclic amines) is 1. The Hall–Kier alpha value is -2.11. The summed E-state index contributed by atoms with van der Waals surface area (Å²) in [5.74, 6) is 0.0887. The molecular formula is C16H21N5O. The number of aromatic nitrogens is 4. The number of aryl methyl sites for hydroxylation is 2. The van der Waals surface area contributed by atoms with Gasteiger partial charge in [-0.15, -0.1) is 0 Å². The van der Waals surface area contributed by atoms with Gasteiger partial charge in [0.2, 0.25) is 0 Å². The van der Waals surface area contributed by atoms with Crippen molar-refractivity contribution in [3.63, 3.8) is 0 Å². The van der Waals surface area contributed by atoms with Gasteiger partial charge in [0.15, 0.2) is 5.69 Å². The molecule has 1 aliphatic heterocycles. The normalized spacial score (nSPS) is 20.6.